The van der Waals surface area contributed by atoms with E-state index in [1.54, 1.807) is 4.68 Å². The molecule has 20 heavy (non-hydrogen) atoms. The highest BCUT2D eigenvalue weighted by atomic mass is 16.3. The molecule has 108 valence electrons. The summed E-state index contributed by atoms with van der Waals surface area (Å²) in [5.74, 6) is 0. The zero-order valence-corrected chi connectivity index (χ0v) is 12.1. The summed E-state index contributed by atoms with van der Waals surface area (Å²) >= 11 is 0. The van der Waals surface area contributed by atoms with E-state index in [9.17, 15) is 5.11 Å². The molecule has 0 aliphatic heterocycles. The number of aliphatic hydroxyl groups excluding tert-OH is 1. The molecule has 2 N–H and O–H groups in total. The van der Waals surface area contributed by atoms with Gasteiger partial charge in [-0.15, -0.1) is 0 Å². The molecule has 0 aromatic carbocycles. The van der Waals surface area contributed by atoms with E-state index in [-0.39, 0.29) is 24.2 Å². The number of rotatable bonds is 4. The first-order valence-corrected chi connectivity index (χ1v) is 6.99. The number of hydrogen-bond acceptors (Lipinski definition) is 4. The number of nitrogens with one attached hydrogen (secondary N) is 1. The van der Waals surface area contributed by atoms with Gasteiger partial charge in [0, 0.05) is 31.5 Å². The second kappa shape index (κ2) is 5.03. The van der Waals surface area contributed by atoms with E-state index in [4.69, 9.17) is 0 Å². The summed E-state index contributed by atoms with van der Waals surface area (Å²) in [6.45, 7) is 4.10. The Hall–Kier alpha value is -1.66. The fraction of sp³-hybridized carbons (Fsp3) is 0.571. The van der Waals surface area contributed by atoms with Crippen LogP contribution in [0.25, 0.3) is 0 Å². The normalized spacial score (nSPS) is 27.3. The monoisotopic (exact) mass is 275 g/mol. The standard InChI is InChI=1S/C14H21N5O/c1-9-7-15-19(8-9)14-12(6-13(14)20)16-10(2)11-4-5-18(3)17-11/h4-5,7-8,10,12-14,16,20H,6H2,1-3H3/t10?,12-,13+,14+/m0/s1. The lowest BCUT2D eigenvalue weighted by Gasteiger charge is -2.43. The molecule has 2 aromatic rings. The van der Waals surface area contributed by atoms with Crippen LogP contribution in [0.15, 0.2) is 24.7 Å². The summed E-state index contributed by atoms with van der Waals surface area (Å²) in [5.41, 5.74) is 2.13. The van der Waals surface area contributed by atoms with Gasteiger partial charge in [0.1, 0.15) is 0 Å². The molecule has 2 heterocycles. The summed E-state index contributed by atoms with van der Waals surface area (Å²) in [6.07, 6.45) is 6.16. The minimum atomic E-state index is -0.331. The molecular weight excluding hydrogens is 254 g/mol. The molecule has 0 bridgehead atoms. The number of aliphatic hydroxyl groups is 1. The van der Waals surface area contributed by atoms with E-state index in [1.807, 2.05) is 43.3 Å². The maximum Gasteiger partial charge on any atom is 0.0932 e. The lowest BCUT2D eigenvalue weighted by atomic mass is 9.82. The van der Waals surface area contributed by atoms with Crippen molar-refractivity contribution in [2.75, 3.05) is 0 Å². The maximum atomic E-state index is 10.0. The van der Waals surface area contributed by atoms with Gasteiger partial charge in [0.2, 0.25) is 0 Å². The van der Waals surface area contributed by atoms with Gasteiger partial charge in [-0.3, -0.25) is 9.36 Å². The number of aryl methyl sites for hydroxylation is 2. The third kappa shape index (κ3) is 2.36. The predicted molar refractivity (Wildman–Crippen MR) is 75.2 cm³/mol. The van der Waals surface area contributed by atoms with E-state index in [1.165, 1.54) is 0 Å². The van der Waals surface area contributed by atoms with E-state index >= 15 is 0 Å². The number of hydrogen-bond donors (Lipinski definition) is 2. The second-order valence-electron chi connectivity index (χ2n) is 5.70. The van der Waals surface area contributed by atoms with Crippen molar-refractivity contribution >= 4 is 0 Å². The van der Waals surface area contributed by atoms with Crippen LogP contribution in [-0.2, 0) is 7.05 Å². The van der Waals surface area contributed by atoms with E-state index < -0.39 is 0 Å². The maximum absolute atomic E-state index is 10.0. The zero-order valence-electron chi connectivity index (χ0n) is 12.1. The largest absolute Gasteiger partial charge is 0.391 e. The Morgan fingerprint density at radius 3 is 2.85 bits per heavy atom. The Balaban J connectivity index is 1.68. The van der Waals surface area contributed by atoms with Crippen LogP contribution < -0.4 is 5.32 Å². The Morgan fingerprint density at radius 2 is 2.30 bits per heavy atom. The second-order valence-corrected chi connectivity index (χ2v) is 5.70. The summed E-state index contributed by atoms with van der Waals surface area (Å²) in [6, 6.07) is 2.41. The zero-order chi connectivity index (χ0) is 14.3. The lowest BCUT2D eigenvalue weighted by molar-refractivity contribution is -0.0112. The van der Waals surface area contributed by atoms with Gasteiger partial charge < -0.3 is 10.4 Å². The van der Waals surface area contributed by atoms with E-state index in [0.29, 0.717) is 0 Å². The summed E-state index contributed by atoms with van der Waals surface area (Å²) in [5, 5.41) is 22.3. The molecule has 0 radical (unpaired) electrons. The highest BCUT2D eigenvalue weighted by Gasteiger charge is 2.42. The Kier molecular flexibility index (Phi) is 3.35. The Labute approximate surface area is 118 Å². The summed E-state index contributed by atoms with van der Waals surface area (Å²) < 4.78 is 3.67. The van der Waals surface area contributed by atoms with Crippen molar-refractivity contribution in [2.45, 2.75) is 44.5 Å². The summed E-state index contributed by atoms with van der Waals surface area (Å²) in [7, 11) is 1.92. The van der Waals surface area contributed by atoms with Crippen LogP contribution in [-0.4, -0.2) is 36.8 Å². The fourth-order valence-corrected chi connectivity index (χ4v) is 2.81. The predicted octanol–water partition coefficient (Wildman–Crippen LogP) is 0.950. The van der Waals surface area contributed by atoms with Crippen LogP contribution in [0.4, 0.5) is 0 Å². The SMILES string of the molecule is Cc1cnn([C@H]2[C@H](O)C[C@@H]2NC(C)c2ccn(C)n2)c1. The molecule has 6 heteroatoms. The number of nitrogens with zero attached hydrogens (tertiary/aromatic N) is 4. The molecule has 1 fully saturated rings. The average Bonchev–Trinajstić information content (AvgIpc) is 2.97. The molecule has 1 saturated carbocycles. The highest BCUT2D eigenvalue weighted by molar-refractivity contribution is 5.09. The van der Waals surface area contributed by atoms with Gasteiger partial charge >= 0.3 is 0 Å². The van der Waals surface area contributed by atoms with Crippen molar-refractivity contribution in [3.63, 3.8) is 0 Å². The lowest BCUT2D eigenvalue weighted by Crippen LogP contribution is -2.55. The van der Waals surface area contributed by atoms with E-state index in [2.05, 4.69) is 22.4 Å². The molecule has 0 saturated heterocycles. The third-order valence-corrected chi connectivity index (χ3v) is 3.98. The molecule has 1 unspecified atom stereocenters. The molecule has 3 rings (SSSR count). The van der Waals surface area contributed by atoms with Crippen LogP contribution in [0.2, 0.25) is 0 Å². The first kappa shape index (κ1) is 13.3. The van der Waals surface area contributed by atoms with E-state index in [0.717, 1.165) is 17.7 Å². The fourth-order valence-electron chi connectivity index (χ4n) is 2.81. The molecule has 1 aliphatic carbocycles. The Bertz CT molecular complexity index is 590. The first-order valence-electron chi connectivity index (χ1n) is 6.99. The molecule has 6 nitrogen and oxygen atoms in total. The van der Waals surface area contributed by atoms with Gasteiger partial charge in [-0.25, -0.2) is 0 Å². The van der Waals surface area contributed by atoms with Gasteiger partial charge in [-0.1, -0.05) is 0 Å². The van der Waals surface area contributed by atoms with Gasteiger partial charge in [0.25, 0.3) is 0 Å². The topological polar surface area (TPSA) is 67.9 Å². The molecular formula is C14H21N5O. The summed E-state index contributed by atoms with van der Waals surface area (Å²) in [4.78, 5) is 0. The van der Waals surface area contributed by atoms with Crippen molar-refractivity contribution in [3.05, 3.63) is 35.9 Å². The first-order chi connectivity index (χ1) is 9.54. The average molecular weight is 275 g/mol. The quantitative estimate of drug-likeness (QED) is 0.872. The van der Waals surface area contributed by atoms with Crippen LogP contribution in [0.5, 0.6) is 0 Å². The van der Waals surface area contributed by atoms with Crippen molar-refractivity contribution in [3.8, 4) is 0 Å². The van der Waals surface area contributed by atoms with Crippen LogP contribution in [0.1, 0.15) is 36.7 Å². The van der Waals surface area contributed by atoms with Crippen molar-refractivity contribution in [1.29, 1.82) is 0 Å². The molecule has 2 aromatic heterocycles. The number of aromatic nitrogens is 4. The smallest absolute Gasteiger partial charge is 0.0932 e. The third-order valence-electron chi connectivity index (χ3n) is 3.98. The Morgan fingerprint density at radius 1 is 1.50 bits per heavy atom. The molecule has 1 aliphatic rings. The van der Waals surface area contributed by atoms with Gasteiger partial charge in [0.05, 0.1) is 24.0 Å². The van der Waals surface area contributed by atoms with Crippen LogP contribution in [0, 0.1) is 6.92 Å². The molecule has 0 spiro atoms. The van der Waals surface area contributed by atoms with Gasteiger partial charge in [-0.2, -0.15) is 10.2 Å². The van der Waals surface area contributed by atoms with Crippen LogP contribution in [0.3, 0.4) is 0 Å². The van der Waals surface area contributed by atoms with Crippen molar-refractivity contribution in [2.24, 2.45) is 7.05 Å². The minimum absolute atomic E-state index is 0.00913. The van der Waals surface area contributed by atoms with Gasteiger partial charge in [-0.05, 0) is 31.9 Å². The van der Waals surface area contributed by atoms with Gasteiger partial charge in [0.15, 0.2) is 0 Å². The molecule has 4 atom stereocenters. The minimum Gasteiger partial charge on any atom is -0.391 e. The molecule has 0 amide bonds. The van der Waals surface area contributed by atoms with Crippen molar-refractivity contribution < 1.29 is 5.11 Å². The van der Waals surface area contributed by atoms with Crippen LogP contribution >= 0.6 is 0 Å². The van der Waals surface area contributed by atoms with Crippen molar-refractivity contribution in [1.82, 2.24) is 24.9 Å². The highest BCUT2D eigenvalue weighted by Crippen LogP contribution is 2.34.